The van der Waals surface area contributed by atoms with Crippen LogP contribution < -0.4 is 0 Å². The van der Waals surface area contributed by atoms with Crippen LogP contribution in [0.15, 0.2) is 0 Å². The SMILES string of the molecule is COCC[C@@H]1C[C@@H](C(=O)O)N(C(=O)OC(C)(C)C)C1. The fourth-order valence-corrected chi connectivity index (χ4v) is 2.17. The second-order valence-corrected chi connectivity index (χ2v) is 5.87. The molecule has 1 fully saturated rings. The van der Waals surface area contributed by atoms with Gasteiger partial charge in [0.2, 0.25) is 0 Å². The predicted octanol–water partition coefficient (Wildman–Crippen LogP) is 1.73. The highest BCUT2D eigenvalue weighted by Gasteiger charge is 2.41. The van der Waals surface area contributed by atoms with Crippen molar-refractivity contribution in [1.82, 2.24) is 4.90 Å². The van der Waals surface area contributed by atoms with E-state index in [2.05, 4.69) is 0 Å². The summed E-state index contributed by atoms with van der Waals surface area (Å²) in [6.07, 6.45) is 0.650. The Morgan fingerprint density at radius 1 is 1.37 bits per heavy atom. The fraction of sp³-hybridized carbons (Fsp3) is 0.846. The lowest BCUT2D eigenvalue weighted by Crippen LogP contribution is -2.43. The first-order valence-electron chi connectivity index (χ1n) is 6.46. The van der Waals surface area contributed by atoms with E-state index < -0.39 is 23.7 Å². The molecule has 19 heavy (non-hydrogen) atoms. The van der Waals surface area contributed by atoms with Crippen molar-refractivity contribution in [1.29, 1.82) is 0 Å². The van der Waals surface area contributed by atoms with Crippen molar-refractivity contribution in [2.75, 3.05) is 20.3 Å². The summed E-state index contributed by atoms with van der Waals surface area (Å²) >= 11 is 0. The average Bonchev–Trinajstić information content (AvgIpc) is 2.68. The quantitative estimate of drug-likeness (QED) is 0.844. The predicted molar refractivity (Wildman–Crippen MR) is 69.0 cm³/mol. The van der Waals surface area contributed by atoms with Gasteiger partial charge in [-0.2, -0.15) is 0 Å². The number of carboxylic acids is 1. The summed E-state index contributed by atoms with van der Waals surface area (Å²) in [5.74, 6) is -0.834. The zero-order valence-corrected chi connectivity index (χ0v) is 12.0. The second-order valence-electron chi connectivity index (χ2n) is 5.87. The summed E-state index contributed by atoms with van der Waals surface area (Å²) in [4.78, 5) is 24.5. The minimum absolute atomic E-state index is 0.147. The molecule has 0 bridgehead atoms. The van der Waals surface area contributed by atoms with E-state index in [1.165, 1.54) is 4.90 Å². The molecular formula is C13H23NO5. The lowest BCUT2D eigenvalue weighted by Gasteiger charge is -2.26. The Labute approximate surface area is 113 Å². The first kappa shape index (κ1) is 15.8. The minimum Gasteiger partial charge on any atom is -0.480 e. The van der Waals surface area contributed by atoms with Crippen LogP contribution in [0.5, 0.6) is 0 Å². The van der Waals surface area contributed by atoms with Crippen molar-refractivity contribution < 1.29 is 24.2 Å². The van der Waals surface area contributed by atoms with Gasteiger partial charge >= 0.3 is 12.1 Å². The van der Waals surface area contributed by atoms with E-state index in [1.807, 2.05) is 0 Å². The lowest BCUT2D eigenvalue weighted by molar-refractivity contribution is -0.142. The molecule has 1 N–H and O–H groups in total. The van der Waals surface area contributed by atoms with Crippen molar-refractivity contribution in [3.8, 4) is 0 Å². The van der Waals surface area contributed by atoms with Crippen molar-refractivity contribution >= 4 is 12.1 Å². The number of nitrogens with zero attached hydrogens (tertiary/aromatic N) is 1. The van der Waals surface area contributed by atoms with E-state index in [9.17, 15) is 14.7 Å². The highest BCUT2D eigenvalue weighted by Crippen LogP contribution is 2.27. The number of rotatable bonds is 4. The minimum atomic E-state index is -0.981. The topological polar surface area (TPSA) is 76.1 Å². The molecule has 0 unspecified atom stereocenters. The molecule has 1 aliphatic rings. The van der Waals surface area contributed by atoms with E-state index >= 15 is 0 Å². The number of carbonyl (C=O) groups excluding carboxylic acids is 1. The van der Waals surface area contributed by atoms with E-state index in [0.717, 1.165) is 6.42 Å². The first-order chi connectivity index (χ1) is 8.74. The van der Waals surface area contributed by atoms with Crippen molar-refractivity contribution in [2.45, 2.75) is 45.3 Å². The van der Waals surface area contributed by atoms with Gasteiger partial charge in [0.1, 0.15) is 11.6 Å². The summed E-state index contributed by atoms with van der Waals surface area (Å²) in [6, 6.07) is -0.795. The Kier molecular flexibility index (Phi) is 5.17. The molecule has 0 aromatic rings. The maximum Gasteiger partial charge on any atom is 0.411 e. The average molecular weight is 273 g/mol. The summed E-state index contributed by atoms with van der Waals surface area (Å²) in [5.41, 5.74) is -0.620. The number of carboxylic acid groups (broad SMARTS) is 1. The molecule has 6 nitrogen and oxygen atoms in total. The van der Waals surface area contributed by atoms with Gasteiger partial charge < -0.3 is 14.6 Å². The van der Waals surface area contributed by atoms with E-state index in [4.69, 9.17) is 9.47 Å². The van der Waals surface area contributed by atoms with Gasteiger partial charge in [0, 0.05) is 20.3 Å². The first-order valence-corrected chi connectivity index (χ1v) is 6.46. The number of ether oxygens (including phenoxy) is 2. The van der Waals surface area contributed by atoms with Crippen molar-refractivity contribution in [3.05, 3.63) is 0 Å². The molecule has 0 aliphatic carbocycles. The number of aliphatic carboxylic acids is 1. The molecule has 0 saturated carbocycles. The summed E-state index contributed by atoms with van der Waals surface area (Å²) in [6.45, 7) is 6.27. The van der Waals surface area contributed by atoms with Crippen molar-refractivity contribution in [3.63, 3.8) is 0 Å². The van der Waals surface area contributed by atoms with Gasteiger partial charge in [0.05, 0.1) is 0 Å². The summed E-state index contributed by atoms with van der Waals surface area (Å²) < 4.78 is 10.2. The third-order valence-corrected chi connectivity index (χ3v) is 3.03. The van der Waals surface area contributed by atoms with E-state index in [1.54, 1.807) is 27.9 Å². The lowest BCUT2D eigenvalue weighted by atomic mass is 10.0. The van der Waals surface area contributed by atoms with E-state index in [-0.39, 0.29) is 5.92 Å². The van der Waals surface area contributed by atoms with Crippen LogP contribution in [-0.2, 0) is 14.3 Å². The summed E-state index contributed by atoms with van der Waals surface area (Å²) in [5, 5.41) is 9.19. The van der Waals surface area contributed by atoms with Crippen LogP contribution in [-0.4, -0.2) is 54.0 Å². The molecule has 0 aromatic heterocycles. The molecule has 0 aromatic carbocycles. The Morgan fingerprint density at radius 2 is 2.00 bits per heavy atom. The van der Waals surface area contributed by atoms with Crippen LogP contribution in [0.1, 0.15) is 33.6 Å². The van der Waals surface area contributed by atoms with Crippen LogP contribution in [0.4, 0.5) is 4.79 Å². The Hall–Kier alpha value is -1.30. The number of methoxy groups -OCH3 is 1. The summed E-state index contributed by atoms with van der Waals surface area (Å²) in [7, 11) is 1.61. The highest BCUT2D eigenvalue weighted by atomic mass is 16.6. The molecular weight excluding hydrogens is 250 g/mol. The third kappa shape index (κ3) is 4.70. The molecule has 0 spiro atoms. The molecule has 110 valence electrons. The number of amides is 1. The largest absolute Gasteiger partial charge is 0.480 e. The number of likely N-dealkylation sites (tertiary alicyclic amines) is 1. The maximum absolute atomic E-state index is 12.0. The zero-order chi connectivity index (χ0) is 14.6. The number of hydrogen-bond donors (Lipinski definition) is 1. The Balaban J connectivity index is 2.68. The molecule has 1 amide bonds. The number of hydrogen-bond acceptors (Lipinski definition) is 4. The second kappa shape index (κ2) is 6.23. The van der Waals surface area contributed by atoms with Crippen LogP contribution >= 0.6 is 0 Å². The Bertz CT molecular complexity index is 336. The van der Waals surface area contributed by atoms with Crippen LogP contribution in [0.2, 0.25) is 0 Å². The van der Waals surface area contributed by atoms with E-state index in [0.29, 0.717) is 19.6 Å². The van der Waals surface area contributed by atoms with Crippen LogP contribution in [0, 0.1) is 5.92 Å². The zero-order valence-electron chi connectivity index (χ0n) is 12.0. The molecule has 6 heteroatoms. The Morgan fingerprint density at radius 3 is 2.47 bits per heavy atom. The van der Waals surface area contributed by atoms with Gasteiger partial charge in [-0.1, -0.05) is 0 Å². The molecule has 1 aliphatic heterocycles. The van der Waals surface area contributed by atoms with Gasteiger partial charge in [-0.15, -0.1) is 0 Å². The van der Waals surface area contributed by atoms with Gasteiger partial charge in [0.25, 0.3) is 0 Å². The van der Waals surface area contributed by atoms with Crippen LogP contribution in [0.25, 0.3) is 0 Å². The highest BCUT2D eigenvalue weighted by molar-refractivity contribution is 5.80. The molecule has 1 saturated heterocycles. The fourth-order valence-electron chi connectivity index (χ4n) is 2.17. The monoisotopic (exact) mass is 273 g/mol. The normalized spacial score (nSPS) is 23.5. The van der Waals surface area contributed by atoms with Gasteiger partial charge in [-0.25, -0.2) is 9.59 Å². The van der Waals surface area contributed by atoms with Crippen LogP contribution in [0.3, 0.4) is 0 Å². The molecule has 2 atom stereocenters. The standard InChI is InChI=1S/C13H23NO5/c1-13(2,3)19-12(17)14-8-9(5-6-18-4)7-10(14)11(15)16/h9-10H,5-8H2,1-4H3,(H,15,16)/t9-,10+/m1/s1. The molecule has 0 radical (unpaired) electrons. The van der Waals surface area contributed by atoms with Crippen molar-refractivity contribution in [2.24, 2.45) is 5.92 Å². The van der Waals surface area contributed by atoms with Gasteiger partial charge in [0.15, 0.2) is 0 Å². The molecule has 1 heterocycles. The van der Waals surface area contributed by atoms with Gasteiger partial charge in [-0.05, 0) is 39.5 Å². The third-order valence-electron chi connectivity index (χ3n) is 3.03. The number of carbonyl (C=O) groups is 2. The maximum atomic E-state index is 12.0. The molecule has 1 rings (SSSR count). The smallest absolute Gasteiger partial charge is 0.411 e. The van der Waals surface area contributed by atoms with Gasteiger partial charge in [-0.3, -0.25) is 4.90 Å².